The van der Waals surface area contributed by atoms with Gasteiger partial charge in [0.1, 0.15) is 17.3 Å². The minimum absolute atomic E-state index is 0.399. The fourth-order valence-corrected chi connectivity index (χ4v) is 1.55. The minimum atomic E-state index is 0.399. The highest BCUT2D eigenvalue weighted by Gasteiger charge is 2.00. The van der Waals surface area contributed by atoms with Gasteiger partial charge in [-0.1, -0.05) is 29.3 Å². The number of nitrogens with one attached hydrogen (secondary N) is 1. The summed E-state index contributed by atoms with van der Waals surface area (Å²) in [5.41, 5.74) is 1.90. The number of rotatable bonds is 2. The Morgan fingerprint density at radius 3 is 2.62 bits per heavy atom. The van der Waals surface area contributed by atoms with Crippen LogP contribution >= 0.6 is 23.2 Å². The third-order valence-electron chi connectivity index (χ3n) is 2.08. The number of anilines is 2. The summed E-state index contributed by atoms with van der Waals surface area (Å²) in [7, 11) is 0. The zero-order chi connectivity index (χ0) is 11.5. The highest BCUT2D eigenvalue weighted by molar-refractivity contribution is 6.31. The van der Waals surface area contributed by atoms with Gasteiger partial charge in [-0.15, -0.1) is 0 Å². The Morgan fingerprint density at radius 1 is 1.12 bits per heavy atom. The van der Waals surface area contributed by atoms with Gasteiger partial charge in [-0.2, -0.15) is 0 Å². The van der Waals surface area contributed by atoms with Crippen LogP contribution in [0.5, 0.6) is 0 Å². The number of hydrogen-bond donors (Lipinski definition) is 1. The summed E-state index contributed by atoms with van der Waals surface area (Å²) in [5, 5.41) is 4.20. The van der Waals surface area contributed by atoms with Crippen LogP contribution in [0.1, 0.15) is 5.56 Å². The van der Waals surface area contributed by atoms with Gasteiger partial charge in [0, 0.05) is 16.8 Å². The summed E-state index contributed by atoms with van der Waals surface area (Å²) in [6.45, 7) is 1.95. The van der Waals surface area contributed by atoms with Gasteiger partial charge in [-0.3, -0.25) is 0 Å². The highest BCUT2D eigenvalue weighted by Crippen LogP contribution is 2.22. The predicted molar refractivity (Wildman–Crippen MR) is 66.5 cm³/mol. The van der Waals surface area contributed by atoms with Crippen LogP contribution in [0.15, 0.2) is 30.6 Å². The van der Waals surface area contributed by atoms with Crippen LogP contribution in [0.4, 0.5) is 11.5 Å². The Bertz CT molecular complexity index is 514. The molecule has 16 heavy (non-hydrogen) atoms. The van der Waals surface area contributed by atoms with Gasteiger partial charge in [0.15, 0.2) is 0 Å². The fourth-order valence-electron chi connectivity index (χ4n) is 1.22. The van der Waals surface area contributed by atoms with E-state index in [1.165, 1.54) is 6.33 Å². The Morgan fingerprint density at radius 2 is 1.94 bits per heavy atom. The molecule has 0 aliphatic rings. The first-order valence-electron chi connectivity index (χ1n) is 4.66. The van der Waals surface area contributed by atoms with Gasteiger partial charge >= 0.3 is 0 Å². The molecule has 0 saturated carbocycles. The maximum absolute atomic E-state index is 6.01. The van der Waals surface area contributed by atoms with E-state index in [2.05, 4.69) is 15.3 Å². The Kier molecular flexibility index (Phi) is 3.27. The average Bonchev–Trinajstić information content (AvgIpc) is 2.24. The van der Waals surface area contributed by atoms with Crippen molar-refractivity contribution in [2.45, 2.75) is 6.92 Å². The number of nitrogens with zero attached hydrogens (tertiary/aromatic N) is 2. The molecule has 0 spiro atoms. The van der Waals surface area contributed by atoms with E-state index in [4.69, 9.17) is 23.2 Å². The molecule has 3 nitrogen and oxygen atoms in total. The zero-order valence-electron chi connectivity index (χ0n) is 8.54. The molecular weight excluding hydrogens is 245 g/mol. The first kappa shape index (κ1) is 11.2. The van der Waals surface area contributed by atoms with Gasteiger partial charge in [0.05, 0.1) is 0 Å². The second-order valence-corrected chi connectivity index (χ2v) is 4.11. The normalized spacial score (nSPS) is 10.2. The summed E-state index contributed by atoms with van der Waals surface area (Å²) in [5.74, 6) is 0.639. The van der Waals surface area contributed by atoms with Crippen molar-refractivity contribution < 1.29 is 0 Å². The van der Waals surface area contributed by atoms with Crippen LogP contribution in [0, 0.1) is 6.92 Å². The van der Waals surface area contributed by atoms with Crippen molar-refractivity contribution in [3.8, 4) is 0 Å². The van der Waals surface area contributed by atoms with Gasteiger partial charge in [-0.25, -0.2) is 9.97 Å². The van der Waals surface area contributed by atoms with Crippen LogP contribution in [-0.2, 0) is 0 Å². The topological polar surface area (TPSA) is 37.8 Å². The van der Waals surface area contributed by atoms with Crippen molar-refractivity contribution >= 4 is 34.7 Å². The van der Waals surface area contributed by atoms with Gasteiger partial charge in [0.25, 0.3) is 0 Å². The molecule has 1 N–H and O–H groups in total. The quantitative estimate of drug-likeness (QED) is 0.827. The lowest BCUT2D eigenvalue weighted by Gasteiger charge is -2.06. The molecule has 0 atom stereocenters. The molecule has 0 aliphatic heterocycles. The first-order chi connectivity index (χ1) is 7.65. The molecule has 0 unspecified atom stereocenters. The van der Waals surface area contributed by atoms with Crippen molar-refractivity contribution in [1.29, 1.82) is 0 Å². The average molecular weight is 254 g/mol. The van der Waals surface area contributed by atoms with Gasteiger partial charge in [0.2, 0.25) is 0 Å². The smallest absolute Gasteiger partial charge is 0.135 e. The number of halogens is 2. The number of hydrogen-bond acceptors (Lipinski definition) is 3. The standard InChI is InChI=1S/C11H9Cl2N3/c1-7-2-3-8(4-9(7)12)16-11-5-10(13)14-6-15-11/h2-6H,1H3,(H,14,15,16). The Hall–Kier alpha value is -1.32. The molecule has 0 saturated heterocycles. The Balaban J connectivity index is 2.24. The van der Waals surface area contributed by atoms with Crippen molar-refractivity contribution in [2.24, 2.45) is 0 Å². The highest BCUT2D eigenvalue weighted by atomic mass is 35.5. The van der Waals surface area contributed by atoms with E-state index in [0.29, 0.717) is 16.0 Å². The van der Waals surface area contributed by atoms with E-state index in [1.54, 1.807) is 6.07 Å². The summed E-state index contributed by atoms with van der Waals surface area (Å²) in [6.07, 6.45) is 1.40. The van der Waals surface area contributed by atoms with Crippen molar-refractivity contribution in [1.82, 2.24) is 9.97 Å². The van der Waals surface area contributed by atoms with E-state index in [-0.39, 0.29) is 0 Å². The van der Waals surface area contributed by atoms with E-state index in [1.807, 2.05) is 25.1 Å². The number of aryl methyl sites for hydroxylation is 1. The third-order valence-corrected chi connectivity index (χ3v) is 2.69. The molecule has 0 radical (unpaired) electrons. The second kappa shape index (κ2) is 4.68. The van der Waals surface area contributed by atoms with E-state index in [9.17, 15) is 0 Å². The maximum Gasteiger partial charge on any atom is 0.135 e. The number of benzene rings is 1. The monoisotopic (exact) mass is 253 g/mol. The van der Waals surface area contributed by atoms with Gasteiger partial charge < -0.3 is 5.32 Å². The molecule has 2 aromatic rings. The van der Waals surface area contributed by atoms with Crippen LogP contribution in [-0.4, -0.2) is 9.97 Å². The molecule has 0 bridgehead atoms. The number of aromatic nitrogens is 2. The summed E-state index contributed by atoms with van der Waals surface area (Å²) in [4.78, 5) is 7.84. The molecule has 0 amide bonds. The van der Waals surface area contributed by atoms with E-state index < -0.39 is 0 Å². The fraction of sp³-hybridized carbons (Fsp3) is 0.0909. The largest absolute Gasteiger partial charge is 0.340 e. The van der Waals surface area contributed by atoms with Crippen LogP contribution in [0.3, 0.4) is 0 Å². The first-order valence-corrected chi connectivity index (χ1v) is 5.41. The Labute approximate surface area is 103 Å². The molecule has 0 fully saturated rings. The maximum atomic E-state index is 6.01. The molecule has 0 aliphatic carbocycles. The lowest BCUT2D eigenvalue weighted by molar-refractivity contribution is 1.17. The van der Waals surface area contributed by atoms with Crippen molar-refractivity contribution in [3.05, 3.63) is 46.3 Å². The summed E-state index contributed by atoms with van der Waals surface area (Å²) < 4.78 is 0. The summed E-state index contributed by atoms with van der Waals surface area (Å²) in [6, 6.07) is 7.35. The molecule has 1 aromatic carbocycles. The molecule has 5 heteroatoms. The molecule has 82 valence electrons. The van der Waals surface area contributed by atoms with Crippen LogP contribution in [0.25, 0.3) is 0 Å². The zero-order valence-corrected chi connectivity index (χ0v) is 10.0. The lowest BCUT2D eigenvalue weighted by atomic mass is 10.2. The predicted octanol–water partition coefficient (Wildman–Crippen LogP) is 3.84. The second-order valence-electron chi connectivity index (χ2n) is 3.31. The molecule has 2 rings (SSSR count). The third kappa shape index (κ3) is 2.62. The van der Waals surface area contributed by atoms with E-state index in [0.717, 1.165) is 11.3 Å². The van der Waals surface area contributed by atoms with Crippen LogP contribution < -0.4 is 5.32 Å². The molecular formula is C11H9Cl2N3. The van der Waals surface area contributed by atoms with Crippen LogP contribution in [0.2, 0.25) is 10.2 Å². The van der Waals surface area contributed by atoms with Gasteiger partial charge in [-0.05, 0) is 24.6 Å². The molecule has 1 heterocycles. The van der Waals surface area contributed by atoms with Crippen molar-refractivity contribution in [3.63, 3.8) is 0 Å². The summed E-state index contributed by atoms with van der Waals surface area (Å²) >= 11 is 11.8. The minimum Gasteiger partial charge on any atom is -0.340 e. The van der Waals surface area contributed by atoms with E-state index >= 15 is 0 Å². The van der Waals surface area contributed by atoms with Crippen molar-refractivity contribution in [2.75, 3.05) is 5.32 Å². The SMILES string of the molecule is Cc1ccc(Nc2cc(Cl)ncn2)cc1Cl. The molecule has 1 aromatic heterocycles. The lowest BCUT2D eigenvalue weighted by Crippen LogP contribution is -1.94.